The predicted octanol–water partition coefficient (Wildman–Crippen LogP) is 0.498. The van der Waals surface area contributed by atoms with Crippen LogP contribution in [0.2, 0.25) is 5.15 Å². The van der Waals surface area contributed by atoms with E-state index in [1.54, 1.807) is 6.07 Å². The van der Waals surface area contributed by atoms with Gasteiger partial charge >= 0.3 is 0 Å². The SMILES string of the molecule is Nc1cnc(Cl)c(C2(O)CCNC2)c1. The molecule has 0 bridgehead atoms. The van der Waals surface area contributed by atoms with Gasteiger partial charge in [0.15, 0.2) is 0 Å². The van der Waals surface area contributed by atoms with Gasteiger partial charge in [0.25, 0.3) is 0 Å². The Bertz CT molecular complexity index is 350. The van der Waals surface area contributed by atoms with Crippen LogP contribution in [-0.2, 0) is 5.60 Å². The van der Waals surface area contributed by atoms with Crippen LogP contribution in [0, 0.1) is 0 Å². The summed E-state index contributed by atoms with van der Waals surface area (Å²) in [5.74, 6) is 0. The summed E-state index contributed by atoms with van der Waals surface area (Å²) in [4.78, 5) is 3.92. The van der Waals surface area contributed by atoms with Gasteiger partial charge in [0.1, 0.15) is 10.8 Å². The van der Waals surface area contributed by atoms with Crippen LogP contribution >= 0.6 is 11.6 Å². The summed E-state index contributed by atoms with van der Waals surface area (Å²) in [6, 6.07) is 1.68. The van der Waals surface area contributed by atoms with Gasteiger partial charge in [0.05, 0.1) is 11.9 Å². The smallest absolute Gasteiger partial charge is 0.135 e. The molecule has 0 radical (unpaired) electrons. The second-order valence-electron chi connectivity index (χ2n) is 3.57. The number of rotatable bonds is 1. The molecule has 1 saturated heterocycles. The van der Waals surface area contributed by atoms with Crippen LogP contribution in [-0.4, -0.2) is 23.2 Å². The molecule has 1 aliphatic heterocycles. The number of nitrogens with zero attached hydrogens (tertiary/aromatic N) is 1. The first kappa shape index (κ1) is 9.71. The van der Waals surface area contributed by atoms with Crippen molar-refractivity contribution in [1.29, 1.82) is 0 Å². The zero-order valence-electron chi connectivity index (χ0n) is 7.63. The summed E-state index contributed by atoms with van der Waals surface area (Å²) < 4.78 is 0. The summed E-state index contributed by atoms with van der Waals surface area (Å²) in [6.45, 7) is 1.28. The van der Waals surface area contributed by atoms with Gasteiger partial charge < -0.3 is 16.2 Å². The van der Waals surface area contributed by atoms with Gasteiger partial charge in [0, 0.05) is 12.1 Å². The van der Waals surface area contributed by atoms with E-state index in [0.29, 0.717) is 29.4 Å². The quantitative estimate of drug-likeness (QED) is 0.594. The average Bonchev–Trinajstić information content (AvgIpc) is 2.58. The van der Waals surface area contributed by atoms with Crippen LogP contribution in [0.5, 0.6) is 0 Å². The van der Waals surface area contributed by atoms with Crippen molar-refractivity contribution in [3.05, 3.63) is 23.0 Å². The maximum Gasteiger partial charge on any atom is 0.135 e. The lowest BCUT2D eigenvalue weighted by Crippen LogP contribution is -2.29. The molecule has 14 heavy (non-hydrogen) atoms. The molecular weight excluding hydrogens is 202 g/mol. The number of nitrogens with two attached hydrogens (primary N) is 1. The van der Waals surface area contributed by atoms with Crippen molar-refractivity contribution >= 4 is 17.3 Å². The summed E-state index contributed by atoms with van der Waals surface area (Å²) in [5.41, 5.74) is 5.82. The highest BCUT2D eigenvalue weighted by molar-refractivity contribution is 6.30. The van der Waals surface area contributed by atoms with Crippen molar-refractivity contribution in [2.45, 2.75) is 12.0 Å². The third kappa shape index (κ3) is 1.56. The first-order valence-electron chi connectivity index (χ1n) is 4.46. The van der Waals surface area contributed by atoms with E-state index < -0.39 is 5.60 Å². The summed E-state index contributed by atoms with van der Waals surface area (Å²) in [5, 5.41) is 13.6. The monoisotopic (exact) mass is 213 g/mol. The number of pyridine rings is 1. The predicted molar refractivity (Wildman–Crippen MR) is 55.0 cm³/mol. The molecule has 1 aromatic rings. The molecule has 1 aliphatic rings. The Balaban J connectivity index is 2.44. The number of aromatic nitrogens is 1. The molecule has 1 aromatic heterocycles. The number of anilines is 1. The largest absolute Gasteiger partial charge is 0.397 e. The van der Waals surface area contributed by atoms with Crippen molar-refractivity contribution in [2.75, 3.05) is 18.8 Å². The lowest BCUT2D eigenvalue weighted by Gasteiger charge is -2.22. The maximum absolute atomic E-state index is 10.2. The van der Waals surface area contributed by atoms with Crippen LogP contribution in [0.1, 0.15) is 12.0 Å². The Morgan fingerprint density at radius 1 is 1.64 bits per heavy atom. The molecule has 4 nitrogen and oxygen atoms in total. The number of hydrogen-bond donors (Lipinski definition) is 3. The van der Waals surface area contributed by atoms with E-state index in [4.69, 9.17) is 17.3 Å². The van der Waals surface area contributed by atoms with E-state index in [-0.39, 0.29) is 0 Å². The van der Waals surface area contributed by atoms with Gasteiger partial charge in [0.2, 0.25) is 0 Å². The van der Waals surface area contributed by atoms with E-state index in [0.717, 1.165) is 6.54 Å². The van der Waals surface area contributed by atoms with E-state index in [1.165, 1.54) is 6.20 Å². The number of halogens is 1. The molecule has 0 spiro atoms. The molecule has 1 unspecified atom stereocenters. The summed E-state index contributed by atoms with van der Waals surface area (Å²) >= 11 is 5.91. The van der Waals surface area contributed by atoms with Crippen molar-refractivity contribution in [3.8, 4) is 0 Å². The summed E-state index contributed by atoms with van der Waals surface area (Å²) in [7, 11) is 0. The molecule has 2 heterocycles. The molecule has 0 saturated carbocycles. The van der Waals surface area contributed by atoms with Gasteiger partial charge in [-0.25, -0.2) is 4.98 Å². The van der Waals surface area contributed by atoms with Crippen molar-refractivity contribution in [2.24, 2.45) is 0 Å². The molecule has 1 atom stereocenters. The van der Waals surface area contributed by atoms with Gasteiger partial charge in [-0.05, 0) is 19.0 Å². The molecular formula is C9H12ClN3O. The zero-order valence-corrected chi connectivity index (χ0v) is 8.38. The van der Waals surface area contributed by atoms with Gasteiger partial charge in [-0.15, -0.1) is 0 Å². The first-order valence-corrected chi connectivity index (χ1v) is 4.84. The van der Waals surface area contributed by atoms with E-state index in [9.17, 15) is 5.11 Å². The zero-order chi connectivity index (χ0) is 10.2. The minimum atomic E-state index is -0.917. The Kier molecular flexibility index (Phi) is 2.34. The minimum absolute atomic E-state index is 0.324. The molecule has 2 rings (SSSR count). The van der Waals surface area contributed by atoms with Crippen molar-refractivity contribution in [1.82, 2.24) is 10.3 Å². The highest BCUT2D eigenvalue weighted by Gasteiger charge is 2.35. The van der Waals surface area contributed by atoms with Crippen LogP contribution in [0.4, 0.5) is 5.69 Å². The number of aliphatic hydroxyl groups is 1. The van der Waals surface area contributed by atoms with Crippen LogP contribution in [0.25, 0.3) is 0 Å². The maximum atomic E-state index is 10.2. The minimum Gasteiger partial charge on any atom is -0.397 e. The van der Waals surface area contributed by atoms with Crippen LogP contribution in [0.15, 0.2) is 12.3 Å². The second kappa shape index (κ2) is 3.38. The Morgan fingerprint density at radius 3 is 3.07 bits per heavy atom. The topological polar surface area (TPSA) is 71.2 Å². The Hall–Kier alpha value is -0.840. The van der Waals surface area contributed by atoms with E-state index in [2.05, 4.69) is 10.3 Å². The molecule has 0 aromatic carbocycles. The highest BCUT2D eigenvalue weighted by Crippen LogP contribution is 2.32. The summed E-state index contributed by atoms with van der Waals surface area (Å²) in [6.07, 6.45) is 2.12. The number of β-amino-alcohol motifs (C(OH)–C–C–N with tert-alkyl or cyclic N) is 1. The number of nitrogens with one attached hydrogen (secondary N) is 1. The molecule has 0 amide bonds. The van der Waals surface area contributed by atoms with Crippen LogP contribution < -0.4 is 11.1 Å². The lowest BCUT2D eigenvalue weighted by molar-refractivity contribution is 0.0586. The van der Waals surface area contributed by atoms with Gasteiger partial charge in [-0.3, -0.25) is 0 Å². The Labute approximate surface area is 87.1 Å². The lowest BCUT2D eigenvalue weighted by atomic mass is 9.94. The second-order valence-corrected chi connectivity index (χ2v) is 3.92. The third-order valence-corrected chi connectivity index (χ3v) is 2.80. The molecule has 5 heteroatoms. The molecule has 0 aliphatic carbocycles. The first-order chi connectivity index (χ1) is 6.62. The fourth-order valence-corrected chi connectivity index (χ4v) is 1.98. The molecule has 1 fully saturated rings. The number of hydrogen-bond acceptors (Lipinski definition) is 4. The third-order valence-electron chi connectivity index (χ3n) is 2.49. The van der Waals surface area contributed by atoms with Crippen molar-refractivity contribution < 1.29 is 5.11 Å². The van der Waals surface area contributed by atoms with Gasteiger partial charge in [-0.1, -0.05) is 11.6 Å². The Morgan fingerprint density at radius 2 is 2.43 bits per heavy atom. The standard InChI is InChI=1S/C9H12ClN3O/c10-8-7(3-6(11)4-13-8)9(14)1-2-12-5-9/h3-4,12,14H,1-2,5,11H2. The van der Waals surface area contributed by atoms with E-state index >= 15 is 0 Å². The highest BCUT2D eigenvalue weighted by atomic mass is 35.5. The number of nitrogen functional groups attached to an aromatic ring is 1. The molecule has 76 valence electrons. The van der Waals surface area contributed by atoms with Gasteiger partial charge in [-0.2, -0.15) is 0 Å². The average molecular weight is 214 g/mol. The normalized spacial score (nSPS) is 26.7. The van der Waals surface area contributed by atoms with Crippen molar-refractivity contribution in [3.63, 3.8) is 0 Å². The fourth-order valence-electron chi connectivity index (χ4n) is 1.70. The fraction of sp³-hybridized carbons (Fsp3) is 0.444. The van der Waals surface area contributed by atoms with E-state index in [1.807, 2.05) is 0 Å². The molecule has 4 N–H and O–H groups in total. The van der Waals surface area contributed by atoms with Crippen LogP contribution in [0.3, 0.4) is 0 Å².